The van der Waals surface area contributed by atoms with Gasteiger partial charge in [-0.25, -0.2) is 4.79 Å². The number of thiocarbonyl (C=S) groups is 1. The van der Waals surface area contributed by atoms with Crippen LogP contribution in [0.4, 0.5) is 18.0 Å². The van der Waals surface area contributed by atoms with Crippen LogP contribution >= 0.6 is 24.0 Å². The van der Waals surface area contributed by atoms with Crippen LogP contribution in [-0.2, 0) is 26.9 Å². The van der Waals surface area contributed by atoms with Crippen molar-refractivity contribution in [3.8, 4) is 11.5 Å². The van der Waals surface area contributed by atoms with Crippen LogP contribution in [0.5, 0.6) is 11.5 Å². The van der Waals surface area contributed by atoms with Crippen LogP contribution < -0.4 is 4.74 Å². The maximum absolute atomic E-state index is 13.8. The molecule has 4 rings (SSSR count). The second kappa shape index (κ2) is 10.4. The number of hydrogen-bond donors (Lipinski definition) is 1. The van der Waals surface area contributed by atoms with E-state index in [-0.39, 0.29) is 33.2 Å². The van der Waals surface area contributed by atoms with Crippen molar-refractivity contribution < 1.29 is 42.1 Å². The monoisotopic (exact) mass is 552 g/mol. The van der Waals surface area contributed by atoms with Crippen molar-refractivity contribution >= 4 is 52.3 Å². The zero-order valence-corrected chi connectivity index (χ0v) is 20.8. The van der Waals surface area contributed by atoms with E-state index >= 15 is 0 Å². The first-order valence-corrected chi connectivity index (χ1v) is 12.0. The molecule has 0 bridgehead atoms. The summed E-state index contributed by atoms with van der Waals surface area (Å²) in [5.74, 6) is -2.19. The topological polar surface area (TPSA) is 96.4 Å². The molecular weight excluding hydrogens is 533 g/mol. The average molecular weight is 553 g/mol. The van der Waals surface area contributed by atoms with E-state index in [1.807, 2.05) is 0 Å². The Hall–Kier alpha value is -3.58. The summed E-state index contributed by atoms with van der Waals surface area (Å²) in [5, 5.41) is 8.92. The quantitative estimate of drug-likeness (QED) is 0.388. The molecule has 1 N–H and O–H groups in total. The van der Waals surface area contributed by atoms with Gasteiger partial charge in [0.05, 0.1) is 16.5 Å². The largest absolute Gasteiger partial charge is 0.480 e. The third-order valence-electron chi connectivity index (χ3n) is 5.63. The fourth-order valence-electron chi connectivity index (χ4n) is 3.69. The number of rotatable bonds is 7. The van der Waals surface area contributed by atoms with E-state index in [1.165, 1.54) is 29.2 Å². The highest BCUT2D eigenvalue weighted by Gasteiger charge is 2.36. The number of cyclic esters (lactones) is 1. The number of alkyl halides is 3. The lowest BCUT2D eigenvalue weighted by Crippen LogP contribution is -2.33. The van der Waals surface area contributed by atoms with Gasteiger partial charge < -0.3 is 19.5 Å². The highest BCUT2D eigenvalue weighted by atomic mass is 32.2. The number of aliphatic carboxylic acids is 1. The van der Waals surface area contributed by atoms with Crippen LogP contribution in [0.2, 0.25) is 0 Å². The number of hydrogen-bond acceptors (Lipinski definition) is 7. The van der Waals surface area contributed by atoms with Gasteiger partial charge in [-0.15, -0.1) is 0 Å². The fraction of sp³-hybridized carbons (Fsp3) is 0.250. The highest BCUT2D eigenvalue weighted by Crippen LogP contribution is 2.40. The molecule has 2 saturated heterocycles. The van der Waals surface area contributed by atoms with Gasteiger partial charge in [0.2, 0.25) is 0 Å². The zero-order valence-electron chi connectivity index (χ0n) is 19.2. The third-order valence-corrected chi connectivity index (χ3v) is 7.01. The molecule has 2 aliphatic rings. The molecule has 0 aromatic heterocycles. The predicted octanol–water partition coefficient (Wildman–Crippen LogP) is 4.78. The van der Waals surface area contributed by atoms with Crippen LogP contribution in [0.15, 0.2) is 47.4 Å². The summed E-state index contributed by atoms with van der Waals surface area (Å²) in [6.07, 6.45) is -3.41. The van der Waals surface area contributed by atoms with Gasteiger partial charge in [-0.3, -0.25) is 14.5 Å². The number of likely N-dealkylation sites (N-methyl/N-ethyl adjacent to an activating group) is 1. The second-order valence-corrected chi connectivity index (χ2v) is 9.88. The number of halogens is 3. The zero-order chi connectivity index (χ0) is 26.9. The van der Waals surface area contributed by atoms with Crippen LogP contribution in [0.1, 0.15) is 16.7 Å². The Bertz CT molecular complexity index is 1300. The van der Waals surface area contributed by atoms with Gasteiger partial charge in [0, 0.05) is 7.05 Å². The SMILES string of the molecule is CN1C(=O)OCC1Cc1ccc(Oc2ccc(/C=C3/SC(=S)N(CC(=O)O)C3=O)cc2C(F)(F)F)cc1. The van der Waals surface area contributed by atoms with E-state index in [1.54, 1.807) is 19.2 Å². The summed E-state index contributed by atoms with van der Waals surface area (Å²) >= 11 is 5.82. The molecule has 2 aromatic carbocycles. The molecule has 13 heteroatoms. The molecule has 2 aliphatic heterocycles. The number of benzene rings is 2. The van der Waals surface area contributed by atoms with Crippen molar-refractivity contribution in [3.63, 3.8) is 0 Å². The maximum atomic E-state index is 13.8. The summed E-state index contributed by atoms with van der Waals surface area (Å²) in [6, 6.07) is 9.70. The number of nitrogens with zero attached hydrogens (tertiary/aromatic N) is 2. The van der Waals surface area contributed by atoms with Crippen LogP contribution in [0.25, 0.3) is 6.08 Å². The average Bonchev–Trinajstić information content (AvgIpc) is 3.28. The maximum Gasteiger partial charge on any atom is 0.420 e. The van der Waals surface area contributed by atoms with E-state index < -0.39 is 42.0 Å². The van der Waals surface area contributed by atoms with Gasteiger partial charge in [-0.1, -0.05) is 42.2 Å². The standard InChI is InChI=1S/C24H19F3N2O6S2/c1-28-15(12-34-22(28)33)8-13-2-5-16(6-3-13)35-18-7-4-14(9-17(18)24(25,26)27)10-19-21(32)29(11-20(30)31)23(36)37-19/h2-7,9-10,15H,8,11-12H2,1H3,(H,30,31)/b19-10+. The molecule has 0 radical (unpaired) electrons. The molecule has 1 unspecified atom stereocenters. The molecule has 8 nitrogen and oxygen atoms in total. The van der Waals surface area contributed by atoms with Crippen LogP contribution in [-0.4, -0.2) is 63.4 Å². The Balaban J connectivity index is 1.52. The normalized spacial score (nSPS) is 19.1. The second-order valence-electron chi connectivity index (χ2n) is 8.21. The number of amides is 2. The van der Waals surface area contributed by atoms with Gasteiger partial charge in [-0.2, -0.15) is 13.2 Å². The molecular formula is C24H19F3N2O6S2. The number of carbonyl (C=O) groups excluding carboxylic acids is 2. The number of thioether (sulfide) groups is 1. The Morgan fingerprint density at radius 1 is 1.24 bits per heavy atom. The summed E-state index contributed by atoms with van der Waals surface area (Å²) < 4.78 is 52.0. The van der Waals surface area contributed by atoms with Crippen molar-refractivity contribution in [3.05, 3.63) is 64.1 Å². The van der Waals surface area contributed by atoms with E-state index in [9.17, 15) is 27.6 Å². The first-order valence-electron chi connectivity index (χ1n) is 10.8. The molecule has 0 spiro atoms. The van der Waals surface area contributed by atoms with Gasteiger partial charge in [0.15, 0.2) is 0 Å². The Labute approximate surface area is 218 Å². The molecule has 194 valence electrons. The molecule has 0 aliphatic carbocycles. The molecule has 2 amide bonds. The minimum atomic E-state index is -4.75. The lowest BCUT2D eigenvalue weighted by atomic mass is 10.1. The number of carboxylic acids is 1. The molecule has 37 heavy (non-hydrogen) atoms. The summed E-state index contributed by atoms with van der Waals surface area (Å²) in [5.41, 5.74) is -0.119. The molecule has 2 fully saturated rings. The smallest absolute Gasteiger partial charge is 0.420 e. The van der Waals surface area contributed by atoms with E-state index in [0.717, 1.165) is 34.4 Å². The minimum absolute atomic E-state index is 0.0109. The number of ether oxygens (including phenoxy) is 2. The Kier molecular flexibility index (Phi) is 7.46. The Morgan fingerprint density at radius 3 is 2.54 bits per heavy atom. The van der Waals surface area contributed by atoms with Crippen molar-refractivity contribution in [2.24, 2.45) is 0 Å². The summed E-state index contributed by atoms with van der Waals surface area (Å²) in [6.45, 7) is -0.372. The minimum Gasteiger partial charge on any atom is -0.480 e. The van der Waals surface area contributed by atoms with Gasteiger partial charge in [0.1, 0.15) is 29.0 Å². The first kappa shape index (κ1) is 26.5. The molecule has 2 heterocycles. The lowest BCUT2D eigenvalue weighted by Gasteiger charge is -2.17. The van der Waals surface area contributed by atoms with Gasteiger partial charge >= 0.3 is 18.2 Å². The van der Waals surface area contributed by atoms with Crippen LogP contribution in [0, 0.1) is 0 Å². The molecule has 1 atom stereocenters. The first-order chi connectivity index (χ1) is 17.4. The molecule has 0 saturated carbocycles. The summed E-state index contributed by atoms with van der Waals surface area (Å²) in [7, 11) is 1.64. The van der Waals surface area contributed by atoms with Crippen molar-refractivity contribution in [1.82, 2.24) is 9.80 Å². The van der Waals surface area contributed by atoms with Crippen molar-refractivity contribution in [1.29, 1.82) is 0 Å². The molecule has 2 aromatic rings. The van der Waals surface area contributed by atoms with E-state index in [2.05, 4.69) is 0 Å². The van der Waals surface area contributed by atoms with Gasteiger partial charge in [-0.05, 0) is 47.9 Å². The van der Waals surface area contributed by atoms with Gasteiger partial charge in [0.25, 0.3) is 5.91 Å². The summed E-state index contributed by atoms with van der Waals surface area (Å²) in [4.78, 5) is 37.2. The van der Waals surface area contributed by atoms with Crippen molar-refractivity contribution in [2.75, 3.05) is 20.2 Å². The fourth-order valence-corrected chi connectivity index (χ4v) is 4.94. The van der Waals surface area contributed by atoms with E-state index in [0.29, 0.717) is 6.42 Å². The Morgan fingerprint density at radius 2 is 1.95 bits per heavy atom. The third kappa shape index (κ3) is 6.05. The van der Waals surface area contributed by atoms with E-state index in [4.69, 9.17) is 26.8 Å². The number of carbonyl (C=O) groups is 3. The predicted molar refractivity (Wildman–Crippen MR) is 132 cm³/mol. The lowest BCUT2D eigenvalue weighted by molar-refractivity contribution is -0.140. The number of carboxylic acid groups (broad SMARTS) is 1. The van der Waals surface area contributed by atoms with Crippen LogP contribution in [0.3, 0.4) is 0 Å². The van der Waals surface area contributed by atoms with Crippen molar-refractivity contribution in [2.45, 2.75) is 18.6 Å². The highest BCUT2D eigenvalue weighted by molar-refractivity contribution is 8.26.